The van der Waals surface area contributed by atoms with Crippen LogP contribution in [-0.4, -0.2) is 60.9 Å². The number of hydrogen-bond acceptors (Lipinski definition) is 5. The van der Waals surface area contributed by atoms with E-state index in [0.29, 0.717) is 43.4 Å². The molecule has 0 unspecified atom stereocenters. The Morgan fingerprint density at radius 2 is 1.25 bits per heavy atom. The van der Waals surface area contributed by atoms with Gasteiger partial charge in [-0.05, 0) is 60.4 Å². The number of nitriles is 2. The molecule has 2 aromatic carbocycles. The summed E-state index contributed by atoms with van der Waals surface area (Å²) in [5, 5.41) is 26.9. The Hall–Kier alpha value is -4.20. The number of likely N-dealkylation sites (tertiary alicyclic amines) is 1. The molecule has 0 bridgehead atoms. The van der Waals surface area contributed by atoms with Gasteiger partial charge >= 0.3 is 0 Å². The van der Waals surface area contributed by atoms with Crippen LogP contribution in [0.1, 0.15) is 35.1 Å². The summed E-state index contributed by atoms with van der Waals surface area (Å²) in [6.45, 7) is 4.13. The molecule has 0 aromatic heterocycles. The average molecular weight is 478 g/mol. The molecule has 1 aliphatic carbocycles. The normalized spacial score (nSPS) is 21.2. The van der Waals surface area contributed by atoms with Gasteiger partial charge < -0.3 is 14.5 Å². The third kappa shape index (κ3) is 4.30. The van der Waals surface area contributed by atoms with E-state index in [2.05, 4.69) is 21.9 Å². The number of allylic oxidation sites excluding steroid dienone is 2. The third-order valence-corrected chi connectivity index (χ3v) is 7.45. The van der Waals surface area contributed by atoms with E-state index in [-0.39, 0.29) is 11.2 Å². The maximum Gasteiger partial charge on any atom is 0.193 e. The SMILES string of the molecule is N#Cc1ccc(/C=C2/C(=O)/C(=C/c3ccc(C#N)cc3)C23CCN(C(=N)N2CCOCC2)CC3)cc1. The number of guanidine groups is 1. The molecule has 36 heavy (non-hydrogen) atoms. The van der Waals surface area contributed by atoms with Crippen LogP contribution in [0.2, 0.25) is 0 Å². The maximum atomic E-state index is 13.4. The molecule has 2 heterocycles. The second-order valence-electron chi connectivity index (χ2n) is 9.40. The first kappa shape index (κ1) is 23.5. The predicted octanol–water partition coefficient (Wildman–Crippen LogP) is 3.83. The molecule has 2 aliphatic heterocycles. The molecule has 1 spiro atoms. The molecule has 7 heteroatoms. The van der Waals surface area contributed by atoms with Crippen LogP contribution in [0.5, 0.6) is 0 Å². The number of hydrogen-bond donors (Lipinski definition) is 1. The second kappa shape index (κ2) is 9.81. The Morgan fingerprint density at radius 1 is 0.806 bits per heavy atom. The van der Waals surface area contributed by atoms with Crippen LogP contribution in [0.3, 0.4) is 0 Å². The Labute approximate surface area is 211 Å². The number of morpholine rings is 1. The van der Waals surface area contributed by atoms with Crippen LogP contribution in [-0.2, 0) is 9.53 Å². The fraction of sp³-hybridized carbons (Fsp3) is 0.310. The van der Waals surface area contributed by atoms with Crippen molar-refractivity contribution in [3.05, 3.63) is 81.9 Å². The van der Waals surface area contributed by atoms with Crippen LogP contribution in [0.25, 0.3) is 12.2 Å². The summed E-state index contributed by atoms with van der Waals surface area (Å²) in [7, 11) is 0. The molecular formula is C29H27N5O2. The zero-order chi connectivity index (χ0) is 25.1. The fourth-order valence-corrected chi connectivity index (χ4v) is 5.32. The molecule has 3 fully saturated rings. The van der Waals surface area contributed by atoms with Gasteiger partial charge in [0, 0.05) is 42.7 Å². The molecule has 0 radical (unpaired) electrons. The standard InChI is InChI=1S/C29H27N5O2/c30-19-23-5-1-21(2-6-23)17-25-27(35)26(18-22-3-7-24(20-31)8-4-22)29(25)9-11-33(12-10-29)28(32)34-13-15-36-16-14-34/h1-8,17-18,32H,9-16H2/b25-17-,26-18-,32-28?. The topological polar surface area (TPSA) is 104 Å². The van der Waals surface area contributed by atoms with Gasteiger partial charge in [0.2, 0.25) is 0 Å². The van der Waals surface area contributed by atoms with Crippen molar-refractivity contribution in [1.82, 2.24) is 9.80 Å². The van der Waals surface area contributed by atoms with Gasteiger partial charge in [-0.2, -0.15) is 10.5 Å². The van der Waals surface area contributed by atoms with Crippen molar-refractivity contribution in [2.75, 3.05) is 39.4 Å². The molecule has 7 nitrogen and oxygen atoms in total. The quantitative estimate of drug-likeness (QED) is 0.401. The number of ketones is 1. The minimum atomic E-state index is -0.374. The average Bonchev–Trinajstić information content (AvgIpc) is 2.95. The molecule has 1 saturated carbocycles. The number of carbonyl (C=O) groups excluding carboxylic acids is 1. The zero-order valence-electron chi connectivity index (χ0n) is 20.0. The van der Waals surface area contributed by atoms with E-state index in [9.17, 15) is 4.79 Å². The largest absolute Gasteiger partial charge is 0.378 e. The van der Waals surface area contributed by atoms with Crippen molar-refractivity contribution in [3.8, 4) is 12.1 Å². The highest BCUT2D eigenvalue weighted by atomic mass is 16.5. The Balaban J connectivity index is 1.44. The lowest BCUT2D eigenvalue weighted by Gasteiger charge is -2.51. The first-order chi connectivity index (χ1) is 17.5. The minimum Gasteiger partial charge on any atom is -0.378 e. The summed E-state index contributed by atoms with van der Waals surface area (Å²) < 4.78 is 5.43. The minimum absolute atomic E-state index is 0.0421. The van der Waals surface area contributed by atoms with Crippen molar-refractivity contribution >= 4 is 23.9 Å². The molecule has 0 amide bonds. The van der Waals surface area contributed by atoms with Gasteiger partial charge in [0.25, 0.3) is 0 Å². The smallest absolute Gasteiger partial charge is 0.193 e. The van der Waals surface area contributed by atoms with E-state index in [1.807, 2.05) is 36.4 Å². The Kier molecular flexibility index (Phi) is 6.41. The molecule has 1 N–H and O–H groups in total. The van der Waals surface area contributed by atoms with Gasteiger partial charge in [-0.25, -0.2) is 0 Å². The molecule has 5 rings (SSSR count). The number of carbonyl (C=O) groups is 1. The van der Waals surface area contributed by atoms with E-state index in [0.717, 1.165) is 48.2 Å². The first-order valence-corrected chi connectivity index (χ1v) is 12.2. The van der Waals surface area contributed by atoms with Gasteiger partial charge in [0.05, 0.1) is 36.5 Å². The summed E-state index contributed by atoms with van der Waals surface area (Å²) in [5.41, 5.74) is 4.19. The molecule has 2 saturated heterocycles. The van der Waals surface area contributed by atoms with Gasteiger partial charge in [0.15, 0.2) is 11.7 Å². The highest BCUT2D eigenvalue weighted by molar-refractivity contribution is 6.23. The number of benzene rings is 2. The summed E-state index contributed by atoms with van der Waals surface area (Å²) in [5.74, 6) is 0.578. The number of rotatable bonds is 2. The number of piperidine rings is 1. The van der Waals surface area contributed by atoms with Crippen molar-refractivity contribution in [2.45, 2.75) is 12.8 Å². The number of nitrogens with one attached hydrogen (secondary N) is 1. The van der Waals surface area contributed by atoms with Crippen LogP contribution < -0.4 is 0 Å². The molecule has 180 valence electrons. The lowest BCUT2D eigenvalue weighted by atomic mass is 9.54. The maximum absolute atomic E-state index is 13.4. The van der Waals surface area contributed by atoms with Crippen LogP contribution in [0.4, 0.5) is 0 Å². The van der Waals surface area contributed by atoms with Gasteiger partial charge in [-0.1, -0.05) is 24.3 Å². The molecule has 3 aliphatic rings. The lowest BCUT2D eigenvalue weighted by molar-refractivity contribution is -0.118. The Bertz CT molecular complexity index is 1230. The summed E-state index contributed by atoms with van der Waals surface area (Å²) >= 11 is 0. The molecule has 2 aromatic rings. The third-order valence-electron chi connectivity index (χ3n) is 7.45. The van der Waals surface area contributed by atoms with Crippen LogP contribution in [0, 0.1) is 33.5 Å². The van der Waals surface area contributed by atoms with Crippen molar-refractivity contribution in [2.24, 2.45) is 5.41 Å². The Morgan fingerprint density at radius 3 is 1.69 bits per heavy atom. The molecule has 0 atom stereocenters. The fourth-order valence-electron chi connectivity index (χ4n) is 5.32. The van der Waals surface area contributed by atoms with Crippen LogP contribution in [0.15, 0.2) is 59.7 Å². The summed E-state index contributed by atoms with van der Waals surface area (Å²) in [6, 6.07) is 18.8. The number of Topliss-reactive ketones (excluding diaryl/α,β-unsaturated/α-hetero) is 1. The lowest BCUT2D eigenvalue weighted by Crippen LogP contribution is -2.56. The van der Waals surface area contributed by atoms with E-state index in [1.54, 1.807) is 24.3 Å². The predicted molar refractivity (Wildman–Crippen MR) is 137 cm³/mol. The van der Waals surface area contributed by atoms with Crippen LogP contribution >= 0.6 is 0 Å². The van der Waals surface area contributed by atoms with Gasteiger partial charge in [-0.15, -0.1) is 0 Å². The monoisotopic (exact) mass is 477 g/mol. The van der Waals surface area contributed by atoms with Gasteiger partial charge in [-0.3, -0.25) is 10.2 Å². The zero-order valence-corrected chi connectivity index (χ0v) is 20.0. The van der Waals surface area contributed by atoms with Crippen molar-refractivity contribution in [1.29, 1.82) is 15.9 Å². The summed E-state index contributed by atoms with van der Waals surface area (Å²) in [6.07, 6.45) is 5.41. The first-order valence-electron chi connectivity index (χ1n) is 12.2. The van der Waals surface area contributed by atoms with E-state index in [4.69, 9.17) is 20.7 Å². The van der Waals surface area contributed by atoms with E-state index in [1.165, 1.54) is 0 Å². The highest BCUT2D eigenvalue weighted by Gasteiger charge is 2.54. The number of nitrogens with zero attached hydrogens (tertiary/aromatic N) is 4. The van der Waals surface area contributed by atoms with Gasteiger partial charge in [0.1, 0.15) is 0 Å². The highest BCUT2D eigenvalue weighted by Crippen LogP contribution is 2.56. The molecular weight excluding hydrogens is 450 g/mol. The van der Waals surface area contributed by atoms with Crippen molar-refractivity contribution < 1.29 is 9.53 Å². The summed E-state index contributed by atoms with van der Waals surface area (Å²) in [4.78, 5) is 17.6. The van der Waals surface area contributed by atoms with E-state index < -0.39 is 0 Å². The second-order valence-corrected chi connectivity index (χ2v) is 9.40. The van der Waals surface area contributed by atoms with Crippen molar-refractivity contribution in [3.63, 3.8) is 0 Å². The van der Waals surface area contributed by atoms with E-state index >= 15 is 0 Å². The number of ether oxygens (including phenoxy) is 1.